The van der Waals surface area contributed by atoms with Gasteiger partial charge in [0.25, 0.3) is 0 Å². The number of para-hydroxylation sites is 1. The maximum Gasteiger partial charge on any atom is 0.110 e. The SMILES string of the molecule is Cc1ccn2c1cnc1c(N3CCN(Cc4ccc(Cl)cc4Cl)CC3)cccc12. The molecule has 0 amide bonds. The Morgan fingerprint density at radius 1 is 0.966 bits per heavy atom. The number of fused-ring (bicyclic) bond motifs is 3. The molecule has 1 aliphatic rings. The van der Waals surface area contributed by atoms with Crippen molar-refractivity contribution in [1.82, 2.24) is 14.3 Å². The molecule has 0 bridgehead atoms. The van der Waals surface area contributed by atoms with Crippen LogP contribution in [0.1, 0.15) is 11.1 Å². The fourth-order valence-corrected chi connectivity index (χ4v) is 4.65. The number of halogens is 2. The van der Waals surface area contributed by atoms with Gasteiger partial charge in [-0.05, 0) is 48.4 Å². The lowest BCUT2D eigenvalue weighted by atomic mass is 10.1. The number of anilines is 1. The van der Waals surface area contributed by atoms with Crippen LogP contribution in [0.3, 0.4) is 0 Å². The average Bonchev–Trinajstić information content (AvgIpc) is 3.12. The molecule has 4 nitrogen and oxygen atoms in total. The second-order valence-corrected chi connectivity index (χ2v) is 8.50. The van der Waals surface area contributed by atoms with Crippen LogP contribution in [0.2, 0.25) is 10.0 Å². The summed E-state index contributed by atoms with van der Waals surface area (Å²) in [4.78, 5) is 9.70. The van der Waals surface area contributed by atoms with E-state index in [2.05, 4.69) is 51.6 Å². The van der Waals surface area contributed by atoms with Crippen LogP contribution in [0.5, 0.6) is 0 Å². The van der Waals surface area contributed by atoms with Gasteiger partial charge >= 0.3 is 0 Å². The van der Waals surface area contributed by atoms with Crippen molar-refractivity contribution < 1.29 is 0 Å². The molecule has 1 aliphatic heterocycles. The van der Waals surface area contributed by atoms with E-state index in [1.54, 1.807) is 0 Å². The maximum atomic E-state index is 6.36. The predicted molar refractivity (Wildman–Crippen MR) is 121 cm³/mol. The van der Waals surface area contributed by atoms with Gasteiger partial charge in [0, 0.05) is 49.0 Å². The molecule has 29 heavy (non-hydrogen) atoms. The third kappa shape index (κ3) is 3.46. The lowest BCUT2D eigenvalue weighted by Gasteiger charge is -2.36. The minimum absolute atomic E-state index is 0.680. The second kappa shape index (κ2) is 7.52. The van der Waals surface area contributed by atoms with Crippen LogP contribution in [-0.2, 0) is 6.54 Å². The molecule has 2 aromatic heterocycles. The van der Waals surface area contributed by atoms with Gasteiger partial charge in [-0.3, -0.25) is 9.88 Å². The molecule has 5 rings (SSSR count). The van der Waals surface area contributed by atoms with Gasteiger partial charge < -0.3 is 9.30 Å². The van der Waals surface area contributed by atoms with Gasteiger partial charge in [0.2, 0.25) is 0 Å². The number of piperazine rings is 1. The standard InChI is InChI=1S/C23H22Cl2N4/c1-16-7-8-29-21-4-2-3-20(23(21)26-14-22(16)29)28-11-9-27(10-12-28)15-17-5-6-18(24)13-19(17)25/h2-8,13-14H,9-12,15H2,1H3. The first kappa shape index (κ1) is 18.7. The first-order valence-corrected chi connectivity index (χ1v) is 10.6. The molecule has 6 heteroatoms. The highest BCUT2D eigenvalue weighted by Crippen LogP contribution is 2.28. The van der Waals surface area contributed by atoms with E-state index < -0.39 is 0 Å². The predicted octanol–water partition coefficient (Wildman–Crippen LogP) is 5.42. The molecule has 0 atom stereocenters. The van der Waals surface area contributed by atoms with Crippen molar-refractivity contribution in [2.45, 2.75) is 13.5 Å². The Hall–Kier alpha value is -2.27. The zero-order valence-electron chi connectivity index (χ0n) is 16.3. The molecule has 2 aromatic carbocycles. The van der Waals surface area contributed by atoms with Crippen LogP contribution in [0.4, 0.5) is 5.69 Å². The van der Waals surface area contributed by atoms with Gasteiger partial charge in [0.05, 0.1) is 22.9 Å². The summed E-state index contributed by atoms with van der Waals surface area (Å²) in [5.74, 6) is 0. The first-order chi connectivity index (χ1) is 14.1. The average molecular weight is 425 g/mol. The zero-order chi connectivity index (χ0) is 20.0. The highest BCUT2D eigenvalue weighted by Gasteiger charge is 2.20. The third-order valence-corrected chi connectivity index (χ3v) is 6.42. The molecule has 0 unspecified atom stereocenters. The van der Waals surface area contributed by atoms with Crippen molar-refractivity contribution in [3.63, 3.8) is 0 Å². The Morgan fingerprint density at radius 2 is 1.79 bits per heavy atom. The molecule has 4 aromatic rings. The van der Waals surface area contributed by atoms with Crippen LogP contribution in [0.25, 0.3) is 16.6 Å². The zero-order valence-corrected chi connectivity index (χ0v) is 17.8. The molecule has 1 fully saturated rings. The number of aromatic nitrogens is 2. The highest BCUT2D eigenvalue weighted by atomic mass is 35.5. The fourth-order valence-electron chi connectivity index (χ4n) is 4.18. The number of benzene rings is 2. The molecule has 0 N–H and O–H groups in total. The largest absolute Gasteiger partial charge is 0.367 e. The van der Waals surface area contributed by atoms with Gasteiger partial charge in [0.1, 0.15) is 5.52 Å². The normalized spacial score (nSPS) is 15.5. The summed E-state index contributed by atoms with van der Waals surface area (Å²) in [5.41, 5.74) is 6.97. The van der Waals surface area contributed by atoms with Crippen molar-refractivity contribution in [3.8, 4) is 0 Å². The van der Waals surface area contributed by atoms with Crippen LogP contribution in [0, 0.1) is 6.92 Å². The van der Waals surface area contributed by atoms with E-state index in [0.717, 1.165) is 54.3 Å². The minimum atomic E-state index is 0.680. The van der Waals surface area contributed by atoms with Crippen molar-refractivity contribution in [1.29, 1.82) is 0 Å². The lowest BCUT2D eigenvalue weighted by molar-refractivity contribution is 0.250. The topological polar surface area (TPSA) is 23.8 Å². The summed E-state index contributed by atoms with van der Waals surface area (Å²) < 4.78 is 2.24. The van der Waals surface area contributed by atoms with E-state index in [-0.39, 0.29) is 0 Å². The molecule has 0 saturated carbocycles. The minimum Gasteiger partial charge on any atom is -0.367 e. The Bertz CT molecular complexity index is 1190. The van der Waals surface area contributed by atoms with E-state index in [9.17, 15) is 0 Å². The summed E-state index contributed by atoms with van der Waals surface area (Å²) in [7, 11) is 0. The quantitative estimate of drug-likeness (QED) is 0.438. The molecule has 148 valence electrons. The van der Waals surface area contributed by atoms with E-state index in [4.69, 9.17) is 28.2 Å². The van der Waals surface area contributed by atoms with E-state index in [1.807, 2.05) is 24.4 Å². The Morgan fingerprint density at radius 3 is 2.59 bits per heavy atom. The van der Waals surface area contributed by atoms with Crippen LogP contribution >= 0.6 is 23.2 Å². The summed E-state index contributed by atoms with van der Waals surface area (Å²) in [6.07, 6.45) is 4.12. The number of hydrogen-bond donors (Lipinski definition) is 0. The van der Waals surface area contributed by atoms with Crippen LogP contribution < -0.4 is 4.90 Å². The van der Waals surface area contributed by atoms with Crippen molar-refractivity contribution in [2.75, 3.05) is 31.1 Å². The monoisotopic (exact) mass is 424 g/mol. The van der Waals surface area contributed by atoms with E-state index in [1.165, 1.54) is 16.8 Å². The van der Waals surface area contributed by atoms with E-state index in [0.29, 0.717) is 5.02 Å². The van der Waals surface area contributed by atoms with Crippen molar-refractivity contribution >= 4 is 45.4 Å². The molecule has 0 aliphatic carbocycles. The summed E-state index contributed by atoms with van der Waals surface area (Å²) in [6.45, 7) is 6.88. The second-order valence-electron chi connectivity index (χ2n) is 7.66. The number of nitrogens with zero attached hydrogens (tertiary/aromatic N) is 4. The third-order valence-electron chi connectivity index (χ3n) is 5.83. The lowest BCUT2D eigenvalue weighted by Crippen LogP contribution is -2.46. The molecule has 0 spiro atoms. The number of rotatable bonds is 3. The highest BCUT2D eigenvalue weighted by molar-refractivity contribution is 6.35. The Kier molecular flexibility index (Phi) is 4.86. The van der Waals surface area contributed by atoms with Gasteiger partial charge in [0.15, 0.2) is 0 Å². The number of hydrogen-bond acceptors (Lipinski definition) is 3. The molecule has 0 radical (unpaired) electrons. The van der Waals surface area contributed by atoms with E-state index >= 15 is 0 Å². The summed E-state index contributed by atoms with van der Waals surface area (Å²) in [6, 6.07) is 14.4. The first-order valence-electron chi connectivity index (χ1n) is 9.87. The Balaban J connectivity index is 1.37. The van der Waals surface area contributed by atoms with Crippen molar-refractivity contribution in [2.24, 2.45) is 0 Å². The number of aryl methyl sites for hydroxylation is 1. The summed E-state index contributed by atoms with van der Waals surface area (Å²) >= 11 is 12.4. The molecular formula is C23H22Cl2N4. The van der Waals surface area contributed by atoms with Gasteiger partial charge in [-0.2, -0.15) is 0 Å². The van der Waals surface area contributed by atoms with Crippen LogP contribution in [-0.4, -0.2) is 40.5 Å². The fraction of sp³-hybridized carbons (Fsp3) is 0.261. The Labute approximate surface area is 180 Å². The van der Waals surface area contributed by atoms with Gasteiger partial charge in [-0.25, -0.2) is 0 Å². The van der Waals surface area contributed by atoms with Gasteiger partial charge in [-0.15, -0.1) is 0 Å². The molecule has 3 heterocycles. The smallest absolute Gasteiger partial charge is 0.110 e. The summed E-state index contributed by atoms with van der Waals surface area (Å²) in [5, 5.41) is 1.42. The van der Waals surface area contributed by atoms with Gasteiger partial charge in [-0.1, -0.05) is 35.3 Å². The maximum absolute atomic E-state index is 6.36. The molecular weight excluding hydrogens is 403 g/mol. The van der Waals surface area contributed by atoms with Crippen molar-refractivity contribution in [3.05, 3.63) is 76.0 Å². The van der Waals surface area contributed by atoms with Crippen LogP contribution in [0.15, 0.2) is 54.9 Å². The molecule has 1 saturated heterocycles.